The molecule has 3 nitrogen and oxygen atoms in total. The molecule has 1 heterocycles. The van der Waals surface area contributed by atoms with Crippen LogP contribution in [0.25, 0.3) is 10.9 Å². The Hall–Kier alpha value is -2.10. The first kappa shape index (κ1) is 12.9. The minimum Gasteiger partial charge on any atom is -0.455 e. The van der Waals surface area contributed by atoms with Crippen molar-refractivity contribution in [3.05, 3.63) is 65.3 Å². The molecule has 0 saturated carbocycles. The van der Waals surface area contributed by atoms with Crippen LogP contribution in [0, 0.1) is 0 Å². The summed E-state index contributed by atoms with van der Waals surface area (Å²) in [5, 5.41) is 1.65. The SMILES string of the molecule is NCc1ccc(Oc2cccc3cccnc23)cc1Cl. The molecule has 0 aliphatic carbocycles. The van der Waals surface area contributed by atoms with Gasteiger partial charge in [0.1, 0.15) is 11.3 Å². The quantitative estimate of drug-likeness (QED) is 0.786. The predicted octanol–water partition coefficient (Wildman–Crippen LogP) is 4.14. The van der Waals surface area contributed by atoms with Crippen LogP contribution in [-0.4, -0.2) is 4.98 Å². The van der Waals surface area contributed by atoms with Crippen LogP contribution in [0.3, 0.4) is 0 Å². The summed E-state index contributed by atoms with van der Waals surface area (Å²) in [4.78, 5) is 4.36. The van der Waals surface area contributed by atoms with E-state index in [4.69, 9.17) is 22.1 Å². The highest BCUT2D eigenvalue weighted by Gasteiger charge is 2.06. The van der Waals surface area contributed by atoms with E-state index in [0.29, 0.717) is 23.1 Å². The van der Waals surface area contributed by atoms with Crippen molar-refractivity contribution in [3.8, 4) is 11.5 Å². The van der Waals surface area contributed by atoms with Gasteiger partial charge in [0.05, 0.1) is 0 Å². The fourth-order valence-electron chi connectivity index (χ4n) is 2.04. The van der Waals surface area contributed by atoms with E-state index in [1.807, 2.05) is 42.5 Å². The summed E-state index contributed by atoms with van der Waals surface area (Å²) in [6.45, 7) is 0.412. The Kier molecular flexibility index (Phi) is 3.54. The number of pyridine rings is 1. The van der Waals surface area contributed by atoms with Crippen molar-refractivity contribution in [2.24, 2.45) is 5.73 Å². The number of ether oxygens (including phenoxy) is 1. The third-order valence-electron chi connectivity index (χ3n) is 3.07. The Bertz CT molecular complexity index is 753. The number of nitrogens with zero attached hydrogens (tertiary/aromatic N) is 1. The van der Waals surface area contributed by atoms with E-state index >= 15 is 0 Å². The van der Waals surface area contributed by atoms with Crippen LogP contribution < -0.4 is 10.5 Å². The van der Waals surface area contributed by atoms with E-state index in [1.165, 1.54) is 0 Å². The third kappa shape index (κ3) is 2.46. The van der Waals surface area contributed by atoms with E-state index < -0.39 is 0 Å². The lowest BCUT2D eigenvalue weighted by atomic mass is 10.2. The van der Waals surface area contributed by atoms with Crippen LogP contribution in [0.5, 0.6) is 11.5 Å². The van der Waals surface area contributed by atoms with Gasteiger partial charge in [0.15, 0.2) is 5.75 Å². The first-order chi connectivity index (χ1) is 9.78. The molecule has 3 rings (SSSR count). The summed E-state index contributed by atoms with van der Waals surface area (Å²) < 4.78 is 5.88. The number of rotatable bonds is 3. The number of hydrogen-bond acceptors (Lipinski definition) is 3. The molecule has 20 heavy (non-hydrogen) atoms. The van der Waals surface area contributed by atoms with Gasteiger partial charge in [-0.05, 0) is 29.8 Å². The number of hydrogen-bond donors (Lipinski definition) is 1. The molecule has 2 aromatic carbocycles. The predicted molar refractivity (Wildman–Crippen MR) is 81.2 cm³/mol. The molecule has 0 aliphatic rings. The van der Waals surface area contributed by atoms with Gasteiger partial charge in [-0.15, -0.1) is 0 Å². The van der Waals surface area contributed by atoms with Crippen LogP contribution >= 0.6 is 11.6 Å². The zero-order valence-electron chi connectivity index (χ0n) is 10.7. The van der Waals surface area contributed by atoms with Crippen molar-refractivity contribution < 1.29 is 4.74 Å². The summed E-state index contributed by atoms with van der Waals surface area (Å²) in [7, 11) is 0. The smallest absolute Gasteiger partial charge is 0.153 e. The second kappa shape index (κ2) is 5.49. The van der Waals surface area contributed by atoms with Crippen molar-refractivity contribution in [2.45, 2.75) is 6.54 Å². The number of nitrogens with two attached hydrogens (primary N) is 1. The number of fused-ring (bicyclic) bond motifs is 1. The van der Waals surface area contributed by atoms with Crippen molar-refractivity contribution in [2.75, 3.05) is 0 Å². The molecule has 2 N–H and O–H groups in total. The maximum atomic E-state index is 6.14. The van der Waals surface area contributed by atoms with Crippen molar-refractivity contribution in [1.82, 2.24) is 4.98 Å². The van der Waals surface area contributed by atoms with Gasteiger partial charge in [-0.2, -0.15) is 0 Å². The fourth-order valence-corrected chi connectivity index (χ4v) is 2.29. The monoisotopic (exact) mass is 284 g/mol. The zero-order valence-corrected chi connectivity index (χ0v) is 11.5. The number of para-hydroxylation sites is 1. The Morgan fingerprint density at radius 2 is 1.95 bits per heavy atom. The number of benzene rings is 2. The van der Waals surface area contributed by atoms with Gasteiger partial charge >= 0.3 is 0 Å². The van der Waals surface area contributed by atoms with E-state index in [0.717, 1.165) is 16.5 Å². The highest BCUT2D eigenvalue weighted by Crippen LogP contribution is 2.30. The molecule has 0 saturated heterocycles. The van der Waals surface area contributed by atoms with E-state index in [-0.39, 0.29) is 0 Å². The maximum absolute atomic E-state index is 6.14. The molecule has 4 heteroatoms. The van der Waals surface area contributed by atoms with Gasteiger partial charge < -0.3 is 10.5 Å². The highest BCUT2D eigenvalue weighted by atomic mass is 35.5. The lowest BCUT2D eigenvalue weighted by Crippen LogP contribution is -1.97. The molecule has 100 valence electrons. The topological polar surface area (TPSA) is 48.1 Å². The summed E-state index contributed by atoms with van der Waals surface area (Å²) in [5.74, 6) is 1.38. The van der Waals surface area contributed by atoms with Crippen LogP contribution in [0.4, 0.5) is 0 Å². The average Bonchev–Trinajstić information content (AvgIpc) is 2.48. The molecule has 0 unspecified atom stereocenters. The molecule has 0 spiro atoms. The lowest BCUT2D eigenvalue weighted by molar-refractivity contribution is 0.487. The highest BCUT2D eigenvalue weighted by molar-refractivity contribution is 6.31. The van der Waals surface area contributed by atoms with Crippen LogP contribution in [0.1, 0.15) is 5.56 Å². The molecule has 0 atom stereocenters. The van der Waals surface area contributed by atoms with Gasteiger partial charge in [-0.3, -0.25) is 4.98 Å². The summed E-state index contributed by atoms with van der Waals surface area (Å²) in [6.07, 6.45) is 1.75. The zero-order chi connectivity index (χ0) is 13.9. The molecule has 0 bridgehead atoms. The van der Waals surface area contributed by atoms with Gasteiger partial charge in [0.25, 0.3) is 0 Å². The van der Waals surface area contributed by atoms with E-state index in [2.05, 4.69) is 4.98 Å². The fraction of sp³-hybridized carbons (Fsp3) is 0.0625. The van der Waals surface area contributed by atoms with Crippen LogP contribution in [0.15, 0.2) is 54.7 Å². The average molecular weight is 285 g/mol. The number of aromatic nitrogens is 1. The largest absolute Gasteiger partial charge is 0.455 e. The second-order valence-electron chi connectivity index (χ2n) is 4.39. The normalized spacial score (nSPS) is 10.7. The van der Waals surface area contributed by atoms with E-state index in [9.17, 15) is 0 Å². The lowest BCUT2D eigenvalue weighted by Gasteiger charge is -2.09. The Morgan fingerprint density at radius 1 is 1.10 bits per heavy atom. The van der Waals surface area contributed by atoms with Crippen molar-refractivity contribution in [3.63, 3.8) is 0 Å². The standard InChI is InChI=1S/C16H13ClN2O/c17-14-9-13(7-6-12(14)10-18)20-15-5-1-3-11-4-2-8-19-16(11)15/h1-9H,10,18H2. The first-order valence-electron chi connectivity index (χ1n) is 6.28. The molecule has 0 radical (unpaired) electrons. The second-order valence-corrected chi connectivity index (χ2v) is 4.80. The first-order valence-corrected chi connectivity index (χ1v) is 6.66. The van der Waals surface area contributed by atoms with Gasteiger partial charge in [0, 0.05) is 23.2 Å². The molecule has 0 aliphatic heterocycles. The molecular formula is C16H13ClN2O. The van der Waals surface area contributed by atoms with Crippen LogP contribution in [-0.2, 0) is 6.54 Å². The van der Waals surface area contributed by atoms with E-state index in [1.54, 1.807) is 12.3 Å². The van der Waals surface area contributed by atoms with Gasteiger partial charge in [-0.1, -0.05) is 35.9 Å². The molecule has 3 aromatic rings. The summed E-state index contributed by atoms with van der Waals surface area (Å²) in [6, 6.07) is 15.2. The Morgan fingerprint density at radius 3 is 2.75 bits per heavy atom. The summed E-state index contributed by atoms with van der Waals surface area (Å²) in [5.41, 5.74) is 7.32. The Balaban J connectivity index is 1.99. The van der Waals surface area contributed by atoms with Gasteiger partial charge in [-0.25, -0.2) is 0 Å². The van der Waals surface area contributed by atoms with Crippen molar-refractivity contribution in [1.29, 1.82) is 0 Å². The van der Waals surface area contributed by atoms with Crippen molar-refractivity contribution >= 4 is 22.5 Å². The maximum Gasteiger partial charge on any atom is 0.153 e. The minimum absolute atomic E-state index is 0.412. The third-order valence-corrected chi connectivity index (χ3v) is 3.42. The molecule has 1 aromatic heterocycles. The van der Waals surface area contributed by atoms with Gasteiger partial charge in [0.2, 0.25) is 0 Å². The summed E-state index contributed by atoms with van der Waals surface area (Å²) >= 11 is 6.14. The van der Waals surface area contributed by atoms with Crippen LogP contribution in [0.2, 0.25) is 5.02 Å². The molecule has 0 fully saturated rings. The minimum atomic E-state index is 0.412. The Labute approximate surface area is 122 Å². The molecular weight excluding hydrogens is 272 g/mol. The molecule has 0 amide bonds. The number of halogens is 1.